The summed E-state index contributed by atoms with van der Waals surface area (Å²) in [5.74, 6) is 1.54. The lowest BCUT2D eigenvalue weighted by Crippen LogP contribution is -2.35. The molecule has 1 atom stereocenters. The van der Waals surface area contributed by atoms with Gasteiger partial charge in [-0.15, -0.1) is 0 Å². The van der Waals surface area contributed by atoms with Gasteiger partial charge in [-0.1, -0.05) is 17.4 Å². The van der Waals surface area contributed by atoms with Crippen LogP contribution in [0.2, 0.25) is 0 Å². The summed E-state index contributed by atoms with van der Waals surface area (Å²) in [4.78, 5) is 28.1. The topological polar surface area (TPSA) is 83.0 Å². The third-order valence-electron chi connectivity index (χ3n) is 4.53. The molecule has 0 bridgehead atoms. The monoisotopic (exact) mass is 394 g/mol. The molecule has 1 aliphatic heterocycles. The average molecular weight is 395 g/mol. The number of nitrogens with one attached hydrogen (secondary N) is 2. The largest absolute Gasteiger partial charge is 0.352 e. The van der Waals surface area contributed by atoms with Gasteiger partial charge in [0, 0.05) is 38.4 Å². The summed E-state index contributed by atoms with van der Waals surface area (Å²) in [5.41, 5.74) is 2.02. The molecule has 2 N–H and O–H groups in total. The maximum Gasteiger partial charge on any atom is 0.217 e. The van der Waals surface area contributed by atoms with Crippen LogP contribution in [-0.2, 0) is 4.79 Å². The maximum atomic E-state index is 11.3. The Kier molecular flexibility index (Phi) is 5.21. The Hall–Kier alpha value is -3.00. The fourth-order valence-corrected chi connectivity index (χ4v) is 4.17. The summed E-state index contributed by atoms with van der Waals surface area (Å²) in [6, 6.07) is 10.0. The first-order valence-corrected chi connectivity index (χ1v) is 10.0. The van der Waals surface area contributed by atoms with E-state index < -0.39 is 0 Å². The van der Waals surface area contributed by atoms with Crippen molar-refractivity contribution in [3.8, 4) is 10.6 Å². The molecule has 0 spiro atoms. The standard InChI is InChI=1S/C20H22N6OS/c1-13-6-8-21-19(10-13)25-18-5-3-4-16(24-18)17-11-22-20(28-17)26-9-7-15(12-26)23-14(2)27/h3-6,8,10-11,15H,7,9,12H2,1-2H3,(H,23,27)(H,21,24,25)/t15-/m1/s1. The van der Waals surface area contributed by atoms with Crippen LogP contribution in [0.25, 0.3) is 10.6 Å². The van der Waals surface area contributed by atoms with Crippen LogP contribution in [0.15, 0.2) is 42.7 Å². The molecule has 3 aromatic rings. The molecule has 0 radical (unpaired) electrons. The van der Waals surface area contributed by atoms with Gasteiger partial charge in [0.25, 0.3) is 0 Å². The highest BCUT2D eigenvalue weighted by atomic mass is 32.1. The van der Waals surface area contributed by atoms with Gasteiger partial charge in [0.2, 0.25) is 5.91 Å². The predicted octanol–water partition coefficient (Wildman–Crippen LogP) is 3.37. The van der Waals surface area contributed by atoms with Crippen LogP contribution in [0.5, 0.6) is 0 Å². The number of amides is 1. The van der Waals surface area contributed by atoms with Crippen LogP contribution in [-0.4, -0.2) is 40.0 Å². The zero-order valence-corrected chi connectivity index (χ0v) is 16.7. The third-order valence-corrected chi connectivity index (χ3v) is 5.61. The molecule has 0 saturated carbocycles. The SMILES string of the molecule is CC(=O)N[C@@H]1CCN(c2ncc(-c3cccc(Nc4cc(C)ccn4)n3)s2)C1. The number of aryl methyl sites for hydroxylation is 1. The summed E-state index contributed by atoms with van der Waals surface area (Å²) in [6.07, 6.45) is 4.58. The number of carbonyl (C=O) groups is 1. The molecule has 3 aromatic heterocycles. The van der Waals surface area contributed by atoms with Crippen LogP contribution in [0.4, 0.5) is 16.8 Å². The third kappa shape index (κ3) is 4.28. The smallest absolute Gasteiger partial charge is 0.217 e. The van der Waals surface area contributed by atoms with E-state index in [0.29, 0.717) is 0 Å². The van der Waals surface area contributed by atoms with Crippen molar-refractivity contribution >= 4 is 34.0 Å². The molecule has 0 aliphatic carbocycles. The van der Waals surface area contributed by atoms with E-state index in [0.717, 1.165) is 52.4 Å². The van der Waals surface area contributed by atoms with E-state index in [1.807, 2.05) is 43.5 Å². The van der Waals surface area contributed by atoms with Crippen molar-refractivity contribution in [2.75, 3.05) is 23.3 Å². The zero-order valence-electron chi connectivity index (χ0n) is 15.8. The molecule has 1 fully saturated rings. The minimum atomic E-state index is 0.0169. The zero-order chi connectivity index (χ0) is 19.5. The van der Waals surface area contributed by atoms with Crippen molar-refractivity contribution in [3.05, 3.63) is 48.3 Å². The normalized spacial score (nSPS) is 16.2. The quantitative estimate of drug-likeness (QED) is 0.690. The number of nitrogens with zero attached hydrogens (tertiary/aromatic N) is 4. The van der Waals surface area contributed by atoms with Gasteiger partial charge in [0.05, 0.1) is 10.6 Å². The summed E-state index contributed by atoms with van der Waals surface area (Å²) < 4.78 is 0. The van der Waals surface area contributed by atoms with Gasteiger partial charge in [-0.05, 0) is 43.2 Å². The van der Waals surface area contributed by atoms with Gasteiger partial charge in [-0.2, -0.15) is 0 Å². The summed E-state index contributed by atoms with van der Waals surface area (Å²) in [7, 11) is 0. The Bertz CT molecular complexity index is 988. The van der Waals surface area contributed by atoms with E-state index in [1.54, 1.807) is 24.5 Å². The summed E-state index contributed by atoms with van der Waals surface area (Å²) >= 11 is 1.62. The number of aromatic nitrogens is 3. The van der Waals surface area contributed by atoms with Crippen molar-refractivity contribution in [1.82, 2.24) is 20.3 Å². The Morgan fingerprint density at radius 1 is 1.25 bits per heavy atom. The number of pyridine rings is 2. The van der Waals surface area contributed by atoms with E-state index in [1.165, 1.54) is 0 Å². The van der Waals surface area contributed by atoms with Crippen molar-refractivity contribution in [2.45, 2.75) is 26.3 Å². The number of thiazole rings is 1. The minimum absolute atomic E-state index is 0.0169. The van der Waals surface area contributed by atoms with E-state index in [9.17, 15) is 4.79 Å². The first kappa shape index (κ1) is 18.4. The molecule has 8 heteroatoms. The lowest BCUT2D eigenvalue weighted by Gasteiger charge is -2.15. The van der Waals surface area contributed by atoms with Gasteiger partial charge in [-0.3, -0.25) is 4.79 Å². The molecule has 1 amide bonds. The molecule has 0 aromatic carbocycles. The molecule has 0 unspecified atom stereocenters. The molecule has 1 aliphatic rings. The second kappa shape index (κ2) is 7.93. The molecular formula is C20H22N6OS. The molecule has 28 heavy (non-hydrogen) atoms. The number of rotatable bonds is 5. The lowest BCUT2D eigenvalue weighted by atomic mass is 10.3. The van der Waals surface area contributed by atoms with E-state index >= 15 is 0 Å². The maximum absolute atomic E-state index is 11.3. The summed E-state index contributed by atoms with van der Waals surface area (Å²) in [6.45, 7) is 5.28. The molecular weight excluding hydrogens is 372 g/mol. The Morgan fingerprint density at radius 3 is 2.96 bits per heavy atom. The highest BCUT2D eigenvalue weighted by Gasteiger charge is 2.25. The van der Waals surface area contributed by atoms with Crippen LogP contribution >= 0.6 is 11.3 Å². The molecule has 1 saturated heterocycles. The Morgan fingerprint density at radius 2 is 2.14 bits per heavy atom. The van der Waals surface area contributed by atoms with E-state index in [4.69, 9.17) is 4.98 Å². The molecule has 7 nitrogen and oxygen atoms in total. The van der Waals surface area contributed by atoms with Crippen molar-refractivity contribution < 1.29 is 4.79 Å². The van der Waals surface area contributed by atoms with Crippen LogP contribution < -0.4 is 15.5 Å². The van der Waals surface area contributed by atoms with Gasteiger partial charge in [0.1, 0.15) is 11.6 Å². The summed E-state index contributed by atoms with van der Waals surface area (Å²) in [5, 5.41) is 7.20. The number of hydrogen-bond acceptors (Lipinski definition) is 7. The fourth-order valence-electron chi connectivity index (χ4n) is 3.25. The van der Waals surface area contributed by atoms with E-state index in [-0.39, 0.29) is 11.9 Å². The second-order valence-electron chi connectivity index (χ2n) is 6.89. The number of hydrogen-bond donors (Lipinski definition) is 2. The van der Waals surface area contributed by atoms with Crippen LogP contribution in [0, 0.1) is 6.92 Å². The van der Waals surface area contributed by atoms with Crippen molar-refractivity contribution in [2.24, 2.45) is 0 Å². The van der Waals surface area contributed by atoms with Crippen molar-refractivity contribution in [3.63, 3.8) is 0 Å². The molecule has 144 valence electrons. The molecule has 4 rings (SSSR count). The highest BCUT2D eigenvalue weighted by molar-refractivity contribution is 7.18. The first-order valence-electron chi connectivity index (χ1n) is 9.22. The highest BCUT2D eigenvalue weighted by Crippen LogP contribution is 2.32. The van der Waals surface area contributed by atoms with Crippen LogP contribution in [0.3, 0.4) is 0 Å². The van der Waals surface area contributed by atoms with Crippen molar-refractivity contribution in [1.29, 1.82) is 0 Å². The molecule has 4 heterocycles. The number of carbonyl (C=O) groups excluding carboxylic acids is 1. The van der Waals surface area contributed by atoms with Gasteiger partial charge in [-0.25, -0.2) is 15.0 Å². The Labute approximate surface area is 167 Å². The van der Waals surface area contributed by atoms with Gasteiger partial charge in [0.15, 0.2) is 5.13 Å². The average Bonchev–Trinajstić information content (AvgIpc) is 3.31. The van der Waals surface area contributed by atoms with Gasteiger partial charge < -0.3 is 15.5 Å². The van der Waals surface area contributed by atoms with E-state index in [2.05, 4.69) is 25.5 Å². The van der Waals surface area contributed by atoms with Gasteiger partial charge >= 0.3 is 0 Å². The lowest BCUT2D eigenvalue weighted by molar-refractivity contribution is -0.119. The first-order chi connectivity index (χ1) is 13.6. The second-order valence-corrected chi connectivity index (χ2v) is 7.90. The number of anilines is 3. The van der Waals surface area contributed by atoms with Crippen LogP contribution in [0.1, 0.15) is 18.9 Å². The predicted molar refractivity (Wildman–Crippen MR) is 112 cm³/mol. The Balaban J connectivity index is 1.47. The fraction of sp³-hybridized carbons (Fsp3) is 0.300. The minimum Gasteiger partial charge on any atom is -0.352 e.